The van der Waals surface area contributed by atoms with E-state index in [0.717, 1.165) is 11.3 Å². The SMILES string of the molecule is CCN(C)C(=O)CNc1c(C)cccc1Cl. The van der Waals surface area contributed by atoms with Crippen molar-refractivity contribution in [2.45, 2.75) is 13.8 Å². The summed E-state index contributed by atoms with van der Waals surface area (Å²) in [4.78, 5) is 13.3. The third-order valence-electron chi connectivity index (χ3n) is 2.54. The molecule has 0 fully saturated rings. The summed E-state index contributed by atoms with van der Waals surface area (Å²) in [6.45, 7) is 4.89. The number of amides is 1. The molecule has 0 spiro atoms. The molecule has 0 radical (unpaired) electrons. The predicted octanol–water partition coefficient (Wildman–Crippen LogP) is 2.54. The first-order chi connectivity index (χ1) is 7.56. The molecule has 1 aromatic rings. The van der Waals surface area contributed by atoms with Gasteiger partial charge < -0.3 is 10.2 Å². The number of benzene rings is 1. The zero-order chi connectivity index (χ0) is 12.1. The van der Waals surface area contributed by atoms with E-state index in [-0.39, 0.29) is 12.5 Å². The zero-order valence-electron chi connectivity index (χ0n) is 9.88. The van der Waals surface area contributed by atoms with Crippen LogP contribution in [0.2, 0.25) is 5.02 Å². The second-order valence-corrected chi connectivity index (χ2v) is 4.10. The minimum atomic E-state index is 0.0572. The van der Waals surface area contributed by atoms with E-state index in [9.17, 15) is 4.79 Å². The summed E-state index contributed by atoms with van der Waals surface area (Å²) < 4.78 is 0. The summed E-state index contributed by atoms with van der Waals surface area (Å²) in [7, 11) is 1.78. The van der Waals surface area contributed by atoms with Crippen molar-refractivity contribution in [3.8, 4) is 0 Å². The van der Waals surface area contributed by atoms with Gasteiger partial charge in [-0.3, -0.25) is 4.79 Å². The van der Waals surface area contributed by atoms with Gasteiger partial charge in [-0.25, -0.2) is 0 Å². The fourth-order valence-electron chi connectivity index (χ4n) is 1.33. The van der Waals surface area contributed by atoms with Crippen LogP contribution in [-0.4, -0.2) is 30.9 Å². The minimum absolute atomic E-state index is 0.0572. The fourth-order valence-corrected chi connectivity index (χ4v) is 1.62. The lowest BCUT2D eigenvalue weighted by molar-refractivity contribution is -0.127. The largest absolute Gasteiger partial charge is 0.375 e. The maximum absolute atomic E-state index is 11.6. The Morgan fingerprint density at radius 1 is 1.50 bits per heavy atom. The van der Waals surface area contributed by atoms with Crippen molar-refractivity contribution in [1.29, 1.82) is 0 Å². The third kappa shape index (κ3) is 3.14. The van der Waals surface area contributed by atoms with Crippen molar-refractivity contribution >= 4 is 23.2 Å². The van der Waals surface area contributed by atoms with Crippen LogP contribution in [0.5, 0.6) is 0 Å². The molecule has 0 aliphatic carbocycles. The summed E-state index contributed by atoms with van der Waals surface area (Å²) in [6, 6.07) is 5.66. The van der Waals surface area contributed by atoms with Crippen LogP contribution in [0.25, 0.3) is 0 Å². The Morgan fingerprint density at radius 3 is 2.75 bits per heavy atom. The Morgan fingerprint density at radius 2 is 2.19 bits per heavy atom. The van der Waals surface area contributed by atoms with Crippen LogP contribution in [0.4, 0.5) is 5.69 Å². The molecule has 0 aliphatic rings. The molecule has 1 rings (SSSR count). The van der Waals surface area contributed by atoms with E-state index in [1.54, 1.807) is 11.9 Å². The Kier molecular flexibility index (Phi) is 4.62. The molecule has 0 bridgehead atoms. The molecule has 1 amide bonds. The molecule has 3 nitrogen and oxygen atoms in total. The van der Waals surface area contributed by atoms with Gasteiger partial charge in [0.15, 0.2) is 0 Å². The van der Waals surface area contributed by atoms with Crippen molar-refractivity contribution in [3.05, 3.63) is 28.8 Å². The molecule has 0 aromatic heterocycles. The number of rotatable bonds is 4. The summed E-state index contributed by atoms with van der Waals surface area (Å²) in [5.41, 5.74) is 1.88. The number of halogens is 1. The number of hydrogen-bond donors (Lipinski definition) is 1. The lowest BCUT2D eigenvalue weighted by atomic mass is 10.2. The van der Waals surface area contributed by atoms with Crippen LogP contribution >= 0.6 is 11.6 Å². The van der Waals surface area contributed by atoms with E-state index in [1.165, 1.54) is 0 Å². The Bertz CT molecular complexity index is 359. The van der Waals surface area contributed by atoms with E-state index in [4.69, 9.17) is 11.6 Å². The smallest absolute Gasteiger partial charge is 0.241 e. The second kappa shape index (κ2) is 5.75. The van der Waals surface area contributed by atoms with Gasteiger partial charge in [-0.15, -0.1) is 0 Å². The van der Waals surface area contributed by atoms with Gasteiger partial charge in [0.1, 0.15) is 0 Å². The van der Waals surface area contributed by atoms with Gasteiger partial charge >= 0.3 is 0 Å². The standard InChI is InChI=1S/C12H17ClN2O/c1-4-15(3)11(16)8-14-12-9(2)6-5-7-10(12)13/h5-7,14H,4,8H2,1-3H3. The molecular weight excluding hydrogens is 224 g/mol. The number of anilines is 1. The number of para-hydroxylation sites is 1. The Hall–Kier alpha value is -1.22. The highest BCUT2D eigenvalue weighted by molar-refractivity contribution is 6.33. The van der Waals surface area contributed by atoms with Crippen molar-refractivity contribution in [3.63, 3.8) is 0 Å². The number of nitrogens with zero attached hydrogens (tertiary/aromatic N) is 1. The van der Waals surface area contributed by atoms with Gasteiger partial charge in [-0.1, -0.05) is 23.7 Å². The maximum Gasteiger partial charge on any atom is 0.241 e. The average molecular weight is 241 g/mol. The summed E-state index contributed by atoms with van der Waals surface area (Å²) in [6.07, 6.45) is 0. The molecule has 4 heteroatoms. The molecule has 0 unspecified atom stereocenters. The summed E-state index contributed by atoms with van der Waals surface area (Å²) in [5.74, 6) is 0.0572. The van der Waals surface area contributed by atoms with Crippen molar-refractivity contribution < 1.29 is 4.79 Å². The van der Waals surface area contributed by atoms with Crippen molar-refractivity contribution in [2.75, 3.05) is 25.5 Å². The van der Waals surface area contributed by atoms with Gasteiger partial charge in [-0.2, -0.15) is 0 Å². The van der Waals surface area contributed by atoms with Gasteiger partial charge in [0.2, 0.25) is 5.91 Å². The monoisotopic (exact) mass is 240 g/mol. The van der Waals surface area contributed by atoms with Crippen molar-refractivity contribution in [2.24, 2.45) is 0 Å². The predicted molar refractivity (Wildman–Crippen MR) is 68.0 cm³/mol. The molecule has 0 saturated heterocycles. The number of carbonyl (C=O) groups excluding carboxylic acids is 1. The fraction of sp³-hybridized carbons (Fsp3) is 0.417. The van der Waals surface area contributed by atoms with E-state index in [1.807, 2.05) is 32.0 Å². The number of carbonyl (C=O) groups is 1. The van der Waals surface area contributed by atoms with Crippen LogP contribution in [0.3, 0.4) is 0 Å². The van der Waals surface area contributed by atoms with E-state index in [0.29, 0.717) is 11.6 Å². The highest BCUT2D eigenvalue weighted by Crippen LogP contribution is 2.24. The zero-order valence-corrected chi connectivity index (χ0v) is 10.6. The normalized spacial score (nSPS) is 10.0. The first-order valence-corrected chi connectivity index (χ1v) is 5.67. The maximum atomic E-state index is 11.6. The number of aryl methyl sites for hydroxylation is 1. The highest BCUT2D eigenvalue weighted by Gasteiger charge is 2.08. The first-order valence-electron chi connectivity index (χ1n) is 5.29. The van der Waals surface area contributed by atoms with Crippen LogP contribution in [0.15, 0.2) is 18.2 Å². The molecular formula is C12H17ClN2O. The molecule has 1 aromatic carbocycles. The molecule has 0 heterocycles. The quantitative estimate of drug-likeness (QED) is 0.877. The number of nitrogens with one attached hydrogen (secondary N) is 1. The molecule has 0 atom stereocenters. The Labute approximate surface area is 101 Å². The van der Waals surface area contributed by atoms with E-state index >= 15 is 0 Å². The second-order valence-electron chi connectivity index (χ2n) is 3.69. The molecule has 16 heavy (non-hydrogen) atoms. The first kappa shape index (κ1) is 12.8. The van der Waals surface area contributed by atoms with Gasteiger partial charge in [0.25, 0.3) is 0 Å². The number of likely N-dealkylation sites (N-methyl/N-ethyl adjacent to an activating group) is 1. The number of hydrogen-bond acceptors (Lipinski definition) is 2. The van der Waals surface area contributed by atoms with Gasteiger partial charge in [0.05, 0.1) is 17.3 Å². The molecule has 0 saturated carbocycles. The molecule has 0 aliphatic heterocycles. The molecule has 1 N–H and O–H groups in total. The third-order valence-corrected chi connectivity index (χ3v) is 2.85. The Balaban J connectivity index is 2.65. The summed E-state index contributed by atoms with van der Waals surface area (Å²) in [5, 5.41) is 3.72. The topological polar surface area (TPSA) is 32.3 Å². The lowest BCUT2D eigenvalue weighted by Gasteiger charge is -2.16. The van der Waals surface area contributed by atoms with Crippen LogP contribution in [0, 0.1) is 6.92 Å². The van der Waals surface area contributed by atoms with Crippen LogP contribution < -0.4 is 5.32 Å². The highest BCUT2D eigenvalue weighted by atomic mass is 35.5. The minimum Gasteiger partial charge on any atom is -0.375 e. The lowest BCUT2D eigenvalue weighted by Crippen LogP contribution is -2.32. The van der Waals surface area contributed by atoms with Crippen molar-refractivity contribution in [1.82, 2.24) is 4.90 Å². The molecule has 88 valence electrons. The van der Waals surface area contributed by atoms with Gasteiger partial charge in [-0.05, 0) is 25.5 Å². The van der Waals surface area contributed by atoms with Crippen LogP contribution in [0.1, 0.15) is 12.5 Å². The summed E-state index contributed by atoms with van der Waals surface area (Å²) >= 11 is 6.04. The van der Waals surface area contributed by atoms with E-state index in [2.05, 4.69) is 5.32 Å². The van der Waals surface area contributed by atoms with Gasteiger partial charge in [0, 0.05) is 13.6 Å². The van der Waals surface area contributed by atoms with E-state index < -0.39 is 0 Å². The average Bonchev–Trinajstić information content (AvgIpc) is 2.27. The van der Waals surface area contributed by atoms with Crippen LogP contribution in [-0.2, 0) is 4.79 Å².